The number of fused-ring (bicyclic) bond motifs is 1. The molecule has 0 aromatic heterocycles. The molecule has 1 aromatic rings. The van der Waals surface area contributed by atoms with Crippen LogP contribution in [0.2, 0.25) is 0 Å². The monoisotopic (exact) mass is 469 g/mol. The lowest BCUT2D eigenvalue weighted by atomic mass is 9.58. The zero-order valence-electron chi connectivity index (χ0n) is 16.0. The van der Waals surface area contributed by atoms with Gasteiger partial charge in [-0.3, -0.25) is 0 Å². The van der Waals surface area contributed by atoms with Crippen LogP contribution in [0.3, 0.4) is 0 Å². The Labute approximate surface area is 181 Å². The summed E-state index contributed by atoms with van der Waals surface area (Å²) in [6.07, 6.45) is 1.08. The van der Waals surface area contributed by atoms with Crippen LogP contribution in [0.5, 0.6) is 0 Å². The molecule has 152 valence electrons. The van der Waals surface area contributed by atoms with Gasteiger partial charge in [-0.25, -0.2) is 9.18 Å². The van der Waals surface area contributed by atoms with E-state index < -0.39 is 29.2 Å². The van der Waals surface area contributed by atoms with Crippen molar-refractivity contribution in [2.24, 2.45) is 17.1 Å². The third-order valence-corrected chi connectivity index (χ3v) is 5.98. The summed E-state index contributed by atoms with van der Waals surface area (Å²) in [5, 5.41) is 29.7. The average molecular weight is 470 g/mol. The van der Waals surface area contributed by atoms with Gasteiger partial charge < -0.3 is 15.4 Å². The number of halogens is 2. The summed E-state index contributed by atoms with van der Waals surface area (Å²) < 4.78 is 20.5. The van der Waals surface area contributed by atoms with Gasteiger partial charge in [0, 0.05) is 29.4 Å². The second-order valence-corrected chi connectivity index (χ2v) is 7.86. The minimum Gasteiger partial charge on any atom is -0.450 e. The van der Waals surface area contributed by atoms with E-state index in [4.69, 9.17) is 10.5 Å². The lowest BCUT2D eigenvalue weighted by molar-refractivity contribution is 0.0997. The summed E-state index contributed by atoms with van der Waals surface area (Å²) in [4.78, 5) is 13.7. The Bertz CT molecular complexity index is 1080. The number of benzene rings is 1. The van der Waals surface area contributed by atoms with E-state index in [0.29, 0.717) is 10.0 Å². The van der Waals surface area contributed by atoms with Gasteiger partial charge in [-0.05, 0) is 36.3 Å². The normalized spacial score (nSPS) is 22.1. The fraction of sp³-hybridized carbons (Fsp3) is 0.333. The van der Waals surface area contributed by atoms with Gasteiger partial charge in [0.2, 0.25) is 0 Å². The highest BCUT2D eigenvalue weighted by molar-refractivity contribution is 9.10. The second-order valence-electron chi connectivity index (χ2n) is 6.95. The Kier molecular flexibility index (Phi) is 5.82. The maximum Gasteiger partial charge on any atom is 0.410 e. The molecule has 2 aliphatic rings. The van der Waals surface area contributed by atoms with Crippen LogP contribution in [-0.4, -0.2) is 30.7 Å². The largest absolute Gasteiger partial charge is 0.450 e. The lowest BCUT2D eigenvalue weighted by Gasteiger charge is -2.45. The Balaban J connectivity index is 2.29. The standard InChI is InChI=1S/C21H17BrFN5O2/c1-2-30-20(29)28-6-5-13-15(8-24)19(27)21(10-25,11-26)18(16(13)9-28)14-7-12(22)3-4-17(14)23/h3-5,7,16,18H,2,6,9,27H2,1H3. The first-order valence-electron chi connectivity index (χ1n) is 9.14. The zero-order chi connectivity index (χ0) is 22.1. The van der Waals surface area contributed by atoms with E-state index in [0.717, 1.165) is 0 Å². The van der Waals surface area contributed by atoms with Gasteiger partial charge in [0.25, 0.3) is 0 Å². The Hall–Kier alpha value is -3.35. The fourth-order valence-electron chi connectivity index (χ4n) is 4.14. The molecule has 0 saturated heterocycles. The van der Waals surface area contributed by atoms with Crippen molar-refractivity contribution in [3.63, 3.8) is 0 Å². The summed E-state index contributed by atoms with van der Waals surface area (Å²) in [7, 11) is 0. The number of allylic oxidation sites excluding steroid dienone is 2. The highest BCUT2D eigenvalue weighted by Gasteiger charge is 2.55. The quantitative estimate of drug-likeness (QED) is 0.705. The van der Waals surface area contributed by atoms with Gasteiger partial charge in [0.05, 0.1) is 30.0 Å². The number of nitrogens with two attached hydrogens (primary N) is 1. The number of hydrogen-bond acceptors (Lipinski definition) is 6. The van der Waals surface area contributed by atoms with Crippen molar-refractivity contribution in [1.29, 1.82) is 15.8 Å². The van der Waals surface area contributed by atoms with Crippen molar-refractivity contribution >= 4 is 22.0 Å². The van der Waals surface area contributed by atoms with Crippen LogP contribution in [0, 0.1) is 51.1 Å². The number of nitriles is 3. The van der Waals surface area contributed by atoms with Gasteiger partial charge in [-0.2, -0.15) is 15.8 Å². The van der Waals surface area contributed by atoms with Gasteiger partial charge >= 0.3 is 6.09 Å². The van der Waals surface area contributed by atoms with Gasteiger partial charge in [0.15, 0.2) is 5.41 Å². The Morgan fingerprint density at radius 3 is 2.70 bits per heavy atom. The van der Waals surface area contributed by atoms with Gasteiger partial charge in [0.1, 0.15) is 11.9 Å². The Morgan fingerprint density at radius 2 is 2.10 bits per heavy atom. The number of ether oxygens (including phenoxy) is 1. The molecular weight excluding hydrogens is 453 g/mol. The molecule has 1 heterocycles. The summed E-state index contributed by atoms with van der Waals surface area (Å²) in [6.45, 7) is 2.07. The summed E-state index contributed by atoms with van der Waals surface area (Å²) in [5.74, 6) is -2.35. The molecule has 0 saturated carbocycles. The molecule has 0 fully saturated rings. The molecule has 2 N–H and O–H groups in total. The van der Waals surface area contributed by atoms with E-state index in [1.54, 1.807) is 13.0 Å². The van der Waals surface area contributed by atoms with Crippen LogP contribution in [0.25, 0.3) is 0 Å². The summed E-state index contributed by atoms with van der Waals surface area (Å²) >= 11 is 3.30. The third-order valence-electron chi connectivity index (χ3n) is 5.48. The molecule has 1 amide bonds. The first-order valence-corrected chi connectivity index (χ1v) is 9.93. The van der Waals surface area contributed by atoms with Crippen LogP contribution in [0.1, 0.15) is 18.4 Å². The van der Waals surface area contributed by atoms with Crippen molar-refractivity contribution in [1.82, 2.24) is 4.90 Å². The number of nitrogens with zero attached hydrogens (tertiary/aromatic N) is 4. The molecule has 9 heteroatoms. The van der Waals surface area contributed by atoms with E-state index in [1.807, 2.05) is 18.2 Å². The average Bonchev–Trinajstić information content (AvgIpc) is 2.75. The van der Waals surface area contributed by atoms with Crippen LogP contribution in [-0.2, 0) is 4.74 Å². The molecule has 3 rings (SSSR count). The number of carbonyl (C=O) groups excluding carboxylic acids is 1. The molecule has 0 spiro atoms. The predicted octanol–water partition coefficient (Wildman–Crippen LogP) is 3.47. The maximum absolute atomic E-state index is 14.9. The molecule has 0 bridgehead atoms. The van der Waals surface area contributed by atoms with E-state index >= 15 is 0 Å². The molecule has 7 nitrogen and oxygen atoms in total. The van der Waals surface area contributed by atoms with Gasteiger partial charge in [-0.15, -0.1) is 0 Å². The topological polar surface area (TPSA) is 127 Å². The first-order chi connectivity index (χ1) is 14.3. The van der Waals surface area contributed by atoms with E-state index in [2.05, 4.69) is 15.9 Å². The highest BCUT2D eigenvalue weighted by atomic mass is 79.9. The fourth-order valence-corrected chi connectivity index (χ4v) is 4.52. The van der Waals surface area contributed by atoms with Crippen molar-refractivity contribution < 1.29 is 13.9 Å². The Morgan fingerprint density at radius 1 is 1.40 bits per heavy atom. The molecule has 1 aliphatic carbocycles. The molecule has 2 atom stereocenters. The zero-order valence-corrected chi connectivity index (χ0v) is 17.6. The van der Waals surface area contributed by atoms with E-state index in [-0.39, 0.29) is 36.5 Å². The number of hydrogen-bond donors (Lipinski definition) is 1. The van der Waals surface area contributed by atoms with Gasteiger partial charge in [-0.1, -0.05) is 22.0 Å². The molecule has 1 aliphatic heterocycles. The lowest BCUT2D eigenvalue weighted by Crippen LogP contribution is -2.49. The molecule has 30 heavy (non-hydrogen) atoms. The van der Waals surface area contributed by atoms with Crippen molar-refractivity contribution in [2.45, 2.75) is 12.8 Å². The highest BCUT2D eigenvalue weighted by Crippen LogP contribution is 2.54. The van der Waals surface area contributed by atoms with Crippen molar-refractivity contribution in [3.05, 3.63) is 57.0 Å². The first kappa shape index (κ1) is 21.4. The SMILES string of the molecule is CCOC(=O)N1CC=C2C(C#N)=C(N)C(C#N)(C#N)C(c3cc(Br)ccc3F)C2C1. The smallest absolute Gasteiger partial charge is 0.410 e. The molecule has 1 aromatic carbocycles. The van der Waals surface area contributed by atoms with Crippen LogP contribution >= 0.6 is 15.9 Å². The summed E-state index contributed by atoms with van der Waals surface area (Å²) in [5.41, 5.74) is 4.64. The van der Waals surface area contributed by atoms with E-state index in [9.17, 15) is 25.0 Å². The molecular formula is C21H17BrFN5O2. The number of carbonyl (C=O) groups is 1. The summed E-state index contributed by atoms with van der Waals surface area (Å²) in [6, 6.07) is 10.1. The second kappa shape index (κ2) is 8.18. The minimum atomic E-state index is -1.98. The third kappa shape index (κ3) is 3.20. The molecule has 0 radical (unpaired) electrons. The number of amides is 1. The van der Waals surface area contributed by atoms with Crippen LogP contribution in [0.15, 0.2) is 45.6 Å². The van der Waals surface area contributed by atoms with Crippen molar-refractivity contribution in [3.8, 4) is 18.2 Å². The molecule has 2 unspecified atom stereocenters. The predicted molar refractivity (Wildman–Crippen MR) is 107 cm³/mol. The minimum absolute atomic E-state index is 0.0262. The van der Waals surface area contributed by atoms with E-state index in [1.165, 1.54) is 23.1 Å². The van der Waals surface area contributed by atoms with Crippen LogP contribution in [0.4, 0.5) is 9.18 Å². The number of rotatable bonds is 2. The van der Waals surface area contributed by atoms with Crippen LogP contribution < -0.4 is 5.73 Å². The maximum atomic E-state index is 14.9. The van der Waals surface area contributed by atoms with Crippen molar-refractivity contribution in [2.75, 3.05) is 19.7 Å².